The van der Waals surface area contributed by atoms with Crippen LogP contribution in [0.1, 0.15) is 10.9 Å². The highest BCUT2D eigenvalue weighted by atomic mass is 32.2. The van der Waals surface area contributed by atoms with Crippen LogP contribution in [0.25, 0.3) is 0 Å². The lowest BCUT2D eigenvalue weighted by molar-refractivity contribution is -0.138. The average Bonchev–Trinajstić information content (AvgIpc) is 3.13. The Morgan fingerprint density at radius 2 is 2.20 bits per heavy atom. The Labute approximate surface area is 151 Å². The summed E-state index contributed by atoms with van der Waals surface area (Å²) in [5, 5.41) is 12.2. The topological polar surface area (TPSA) is 80.3 Å². The second kappa shape index (κ2) is 8.75. The molecule has 138 valence electrons. The maximum Gasteiger partial charge on any atom is 0.321 e. The largest absolute Gasteiger partial charge is 0.493 e. The number of aliphatic carboxylic acids is 1. The number of hydrogen-bond acceptors (Lipinski definition) is 7. The predicted octanol–water partition coefficient (Wildman–Crippen LogP) is 1.19. The lowest BCUT2D eigenvalue weighted by Crippen LogP contribution is -2.38. The van der Waals surface area contributed by atoms with Gasteiger partial charge < -0.3 is 19.3 Å². The molecule has 0 radical (unpaired) electrons. The summed E-state index contributed by atoms with van der Waals surface area (Å²) in [6.45, 7) is 4.82. The number of hydrogen-bond donors (Lipinski definition) is 2. The molecule has 2 saturated heterocycles. The SMILES string of the molecule is COc1ccc(C2NC(C(=O)O)CS2)cc1OCCN1CCOCC1. The molecule has 0 aliphatic carbocycles. The van der Waals surface area contributed by atoms with Crippen molar-refractivity contribution in [3.05, 3.63) is 23.8 Å². The molecular weight excluding hydrogens is 344 g/mol. The van der Waals surface area contributed by atoms with Crippen LogP contribution < -0.4 is 14.8 Å². The van der Waals surface area contributed by atoms with Crippen molar-refractivity contribution in [2.75, 3.05) is 52.3 Å². The van der Waals surface area contributed by atoms with Gasteiger partial charge in [-0.2, -0.15) is 0 Å². The fourth-order valence-electron chi connectivity index (χ4n) is 2.89. The van der Waals surface area contributed by atoms with Crippen LogP contribution in [0.15, 0.2) is 18.2 Å². The number of carboxylic acids is 1. The quantitative estimate of drug-likeness (QED) is 0.743. The fourth-order valence-corrected chi connectivity index (χ4v) is 4.11. The van der Waals surface area contributed by atoms with Gasteiger partial charge >= 0.3 is 5.97 Å². The van der Waals surface area contributed by atoms with Gasteiger partial charge in [-0.15, -0.1) is 11.8 Å². The zero-order chi connectivity index (χ0) is 17.6. The van der Waals surface area contributed by atoms with Gasteiger partial charge in [0.05, 0.1) is 25.7 Å². The molecule has 2 atom stereocenters. The van der Waals surface area contributed by atoms with Gasteiger partial charge in [0.1, 0.15) is 12.6 Å². The van der Waals surface area contributed by atoms with Gasteiger partial charge in [-0.1, -0.05) is 6.07 Å². The minimum absolute atomic E-state index is 0.0476. The molecule has 2 fully saturated rings. The zero-order valence-corrected chi connectivity index (χ0v) is 15.1. The van der Waals surface area contributed by atoms with Crippen LogP contribution in [0.4, 0.5) is 0 Å². The molecule has 0 bridgehead atoms. The molecule has 1 aromatic rings. The highest BCUT2D eigenvalue weighted by Gasteiger charge is 2.30. The Bertz CT molecular complexity index is 594. The lowest BCUT2D eigenvalue weighted by atomic mass is 10.2. The maximum absolute atomic E-state index is 11.1. The van der Waals surface area contributed by atoms with E-state index in [4.69, 9.17) is 19.3 Å². The normalized spacial score (nSPS) is 24.2. The Morgan fingerprint density at radius 1 is 1.40 bits per heavy atom. The van der Waals surface area contributed by atoms with Crippen molar-refractivity contribution in [3.63, 3.8) is 0 Å². The highest BCUT2D eigenvalue weighted by Crippen LogP contribution is 2.37. The fraction of sp³-hybridized carbons (Fsp3) is 0.588. The molecule has 0 amide bonds. The van der Waals surface area contributed by atoms with Gasteiger partial charge in [-0.3, -0.25) is 15.0 Å². The number of nitrogens with one attached hydrogen (secondary N) is 1. The van der Waals surface area contributed by atoms with Gasteiger partial charge in [0.2, 0.25) is 0 Å². The van der Waals surface area contributed by atoms with Crippen molar-refractivity contribution in [1.29, 1.82) is 0 Å². The summed E-state index contributed by atoms with van der Waals surface area (Å²) in [4.78, 5) is 13.4. The van der Waals surface area contributed by atoms with Gasteiger partial charge in [0, 0.05) is 25.4 Å². The van der Waals surface area contributed by atoms with Crippen molar-refractivity contribution >= 4 is 17.7 Å². The number of benzene rings is 1. The van der Waals surface area contributed by atoms with Crippen molar-refractivity contribution < 1.29 is 24.1 Å². The molecule has 2 unspecified atom stereocenters. The Kier molecular flexibility index (Phi) is 6.41. The second-order valence-corrected chi connectivity index (χ2v) is 7.12. The van der Waals surface area contributed by atoms with Crippen LogP contribution in [-0.4, -0.2) is 74.3 Å². The number of morpholine rings is 1. The summed E-state index contributed by atoms with van der Waals surface area (Å²) in [7, 11) is 1.62. The molecule has 3 rings (SSSR count). The summed E-state index contributed by atoms with van der Waals surface area (Å²) >= 11 is 1.59. The first-order valence-electron chi connectivity index (χ1n) is 8.38. The maximum atomic E-state index is 11.1. The first-order chi connectivity index (χ1) is 12.2. The number of thioether (sulfide) groups is 1. The summed E-state index contributed by atoms with van der Waals surface area (Å²) in [6, 6.07) is 5.24. The molecule has 7 nitrogen and oxygen atoms in total. The smallest absolute Gasteiger partial charge is 0.321 e. The number of carboxylic acid groups (broad SMARTS) is 1. The van der Waals surface area contributed by atoms with Crippen molar-refractivity contribution in [2.24, 2.45) is 0 Å². The van der Waals surface area contributed by atoms with Crippen molar-refractivity contribution in [1.82, 2.24) is 10.2 Å². The number of rotatable bonds is 7. The third kappa shape index (κ3) is 4.78. The molecule has 2 aliphatic rings. The second-order valence-electron chi connectivity index (χ2n) is 5.98. The first-order valence-corrected chi connectivity index (χ1v) is 9.43. The molecule has 2 N–H and O–H groups in total. The monoisotopic (exact) mass is 368 g/mol. The molecule has 1 aromatic carbocycles. The van der Waals surface area contributed by atoms with E-state index in [-0.39, 0.29) is 5.37 Å². The highest BCUT2D eigenvalue weighted by molar-refractivity contribution is 7.99. The minimum atomic E-state index is -0.814. The van der Waals surface area contributed by atoms with E-state index in [0.717, 1.165) is 38.4 Å². The molecule has 25 heavy (non-hydrogen) atoms. The van der Waals surface area contributed by atoms with Crippen LogP contribution in [0.3, 0.4) is 0 Å². The van der Waals surface area contributed by atoms with E-state index in [1.54, 1.807) is 18.9 Å². The van der Waals surface area contributed by atoms with Gasteiger partial charge in [-0.25, -0.2) is 0 Å². The third-order valence-corrected chi connectivity index (χ3v) is 5.61. The van der Waals surface area contributed by atoms with Crippen molar-refractivity contribution in [3.8, 4) is 11.5 Å². The number of carbonyl (C=O) groups is 1. The Balaban J connectivity index is 1.60. The average molecular weight is 368 g/mol. The Morgan fingerprint density at radius 3 is 2.88 bits per heavy atom. The Hall–Kier alpha value is -1.48. The van der Waals surface area contributed by atoms with E-state index < -0.39 is 12.0 Å². The van der Waals surface area contributed by atoms with Crippen molar-refractivity contribution in [2.45, 2.75) is 11.4 Å². The summed E-state index contributed by atoms with van der Waals surface area (Å²) in [5.74, 6) is 1.11. The first kappa shape index (κ1) is 18.3. The zero-order valence-electron chi connectivity index (χ0n) is 14.3. The summed E-state index contributed by atoms with van der Waals surface area (Å²) < 4.78 is 16.7. The third-order valence-electron chi connectivity index (χ3n) is 4.34. The predicted molar refractivity (Wildman–Crippen MR) is 95.5 cm³/mol. The van der Waals surface area contributed by atoms with Crippen LogP contribution >= 0.6 is 11.8 Å². The van der Waals surface area contributed by atoms with Crippen LogP contribution in [0.5, 0.6) is 11.5 Å². The molecule has 8 heteroatoms. The van der Waals surface area contributed by atoms with Gasteiger partial charge in [0.15, 0.2) is 11.5 Å². The molecule has 2 aliphatic heterocycles. The summed E-state index contributed by atoms with van der Waals surface area (Å²) in [6.07, 6.45) is 0. The molecule has 0 saturated carbocycles. The molecule has 0 spiro atoms. The van der Waals surface area contributed by atoms with Crippen LogP contribution in [-0.2, 0) is 9.53 Å². The van der Waals surface area contributed by atoms with Gasteiger partial charge in [0.25, 0.3) is 0 Å². The number of ether oxygens (including phenoxy) is 3. The molecule has 0 aromatic heterocycles. The minimum Gasteiger partial charge on any atom is -0.493 e. The number of nitrogens with zero attached hydrogens (tertiary/aromatic N) is 1. The molecular formula is C17H24N2O5S. The van der Waals surface area contributed by atoms with E-state index in [1.807, 2.05) is 18.2 Å². The standard InChI is InChI=1S/C17H24N2O5S/c1-22-14-3-2-12(16-18-13(11-25-16)17(20)21)10-15(14)24-9-6-19-4-7-23-8-5-19/h2-3,10,13,16,18H,4-9,11H2,1H3,(H,20,21). The summed E-state index contributed by atoms with van der Waals surface area (Å²) in [5.41, 5.74) is 0.996. The van der Waals surface area contributed by atoms with E-state index in [1.165, 1.54) is 0 Å². The van der Waals surface area contributed by atoms with Crippen LogP contribution in [0.2, 0.25) is 0 Å². The van der Waals surface area contributed by atoms with Crippen LogP contribution in [0, 0.1) is 0 Å². The van der Waals surface area contributed by atoms with Gasteiger partial charge in [-0.05, 0) is 17.7 Å². The number of methoxy groups -OCH3 is 1. The lowest BCUT2D eigenvalue weighted by Gasteiger charge is -2.26. The van der Waals surface area contributed by atoms with E-state index >= 15 is 0 Å². The van der Waals surface area contributed by atoms with E-state index in [0.29, 0.717) is 23.9 Å². The molecule has 2 heterocycles. The van der Waals surface area contributed by atoms with E-state index in [9.17, 15) is 4.79 Å². The van der Waals surface area contributed by atoms with E-state index in [2.05, 4.69) is 10.2 Å².